The van der Waals surface area contributed by atoms with Crippen molar-refractivity contribution in [1.82, 2.24) is 5.32 Å². The molecule has 0 spiro atoms. The van der Waals surface area contributed by atoms with Gasteiger partial charge in [0.15, 0.2) is 0 Å². The van der Waals surface area contributed by atoms with E-state index in [2.05, 4.69) is 19.2 Å². The SMILES string of the molecule is CC(N[C@H](C)c1ccc(Cl)cc1)c1ccc(O)cc1. The largest absolute Gasteiger partial charge is 0.508 e. The van der Waals surface area contributed by atoms with E-state index in [1.165, 1.54) is 5.56 Å². The minimum atomic E-state index is 0.214. The Balaban J connectivity index is 2.03. The van der Waals surface area contributed by atoms with Gasteiger partial charge in [0, 0.05) is 17.1 Å². The van der Waals surface area contributed by atoms with Gasteiger partial charge in [-0.1, -0.05) is 35.9 Å². The highest BCUT2D eigenvalue weighted by Crippen LogP contribution is 2.22. The summed E-state index contributed by atoms with van der Waals surface area (Å²) in [5.74, 6) is 0.293. The number of hydrogen-bond acceptors (Lipinski definition) is 2. The first-order valence-electron chi connectivity index (χ1n) is 6.36. The van der Waals surface area contributed by atoms with Gasteiger partial charge in [0.25, 0.3) is 0 Å². The van der Waals surface area contributed by atoms with Gasteiger partial charge in [-0.3, -0.25) is 0 Å². The second-order valence-corrected chi connectivity index (χ2v) is 5.19. The molecule has 100 valence electrons. The summed E-state index contributed by atoms with van der Waals surface area (Å²) in [4.78, 5) is 0. The van der Waals surface area contributed by atoms with Crippen molar-refractivity contribution in [3.63, 3.8) is 0 Å². The normalized spacial score (nSPS) is 14.1. The van der Waals surface area contributed by atoms with Gasteiger partial charge < -0.3 is 10.4 Å². The van der Waals surface area contributed by atoms with Crippen LogP contribution in [0.4, 0.5) is 0 Å². The third-order valence-electron chi connectivity index (χ3n) is 3.26. The highest BCUT2D eigenvalue weighted by molar-refractivity contribution is 6.30. The van der Waals surface area contributed by atoms with Crippen LogP contribution in [0.3, 0.4) is 0 Å². The third kappa shape index (κ3) is 3.72. The molecule has 0 heterocycles. The predicted molar refractivity (Wildman–Crippen MR) is 79.5 cm³/mol. The minimum absolute atomic E-state index is 0.214. The molecule has 1 unspecified atom stereocenters. The van der Waals surface area contributed by atoms with Gasteiger partial charge in [0.1, 0.15) is 5.75 Å². The highest BCUT2D eigenvalue weighted by Gasteiger charge is 2.11. The maximum Gasteiger partial charge on any atom is 0.115 e. The second-order valence-electron chi connectivity index (χ2n) is 4.75. The lowest BCUT2D eigenvalue weighted by Gasteiger charge is -2.21. The van der Waals surface area contributed by atoms with E-state index in [-0.39, 0.29) is 12.1 Å². The summed E-state index contributed by atoms with van der Waals surface area (Å²) >= 11 is 5.89. The molecule has 0 bridgehead atoms. The van der Waals surface area contributed by atoms with Gasteiger partial charge in [-0.15, -0.1) is 0 Å². The molecule has 0 aliphatic heterocycles. The Morgan fingerprint density at radius 1 is 0.842 bits per heavy atom. The van der Waals surface area contributed by atoms with Crippen molar-refractivity contribution < 1.29 is 5.11 Å². The molecule has 0 aliphatic rings. The predicted octanol–water partition coefficient (Wildman–Crippen LogP) is 4.46. The molecule has 19 heavy (non-hydrogen) atoms. The van der Waals surface area contributed by atoms with Crippen LogP contribution in [0.1, 0.15) is 37.1 Å². The topological polar surface area (TPSA) is 32.3 Å². The Morgan fingerprint density at radius 3 is 1.74 bits per heavy atom. The van der Waals surface area contributed by atoms with E-state index in [0.29, 0.717) is 5.75 Å². The zero-order valence-electron chi connectivity index (χ0n) is 11.1. The van der Waals surface area contributed by atoms with Crippen molar-refractivity contribution in [3.05, 3.63) is 64.7 Å². The molecule has 0 aliphatic carbocycles. The molecule has 0 saturated heterocycles. The third-order valence-corrected chi connectivity index (χ3v) is 3.52. The van der Waals surface area contributed by atoms with Crippen LogP contribution in [-0.4, -0.2) is 5.11 Å². The number of nitrogens with one attached hydrogen (secondary N) is 1. The van der Waals surface area contributed by atoms with Crippen LogP contribution in [0.25, 0.3) is 0 Å². The molecule has 0 fully saturated rings. The molecule has 3 heteroatoms. The molecule has 2 atom stereocenters. The van der Waals surface area contributed by atoms with Crippen molar-refractivity contribution >= 4 is 11.6 Å². The van der Waals surface area contributed by atoms with Crippen LogP contribution in [-0.2, 0) is 0 Å². The molecule has 2 rings (SSSR count). The van der Waals surface area contributed by atoms with Crippen LogP contribution in [0.5, 0.6) is 5.75 Å². The van der Waals surface area contributed by atoms with Gasteiger partial charge in [-0.2, -0.15) is 0 Å². The Morgan fingerprint density at radius 2 is 1.26 bits per heavy atom. The molecular formula is C16H18ClNO. The smallest absolute Gasteiger partial charge is 0.115 e. The number of rotatable bonds is 4. The summed E-state index contributed by atoms with van der Waals surface area (Å²) in [6.07, 6.45) is 0. The fourth-order valence-corrected chi connectivity index (χ4v) is 2.21. The number of aromatic hydroxyl groups is 1. The molecule has 2 N–H and O–H groups in total. The van der Waals surface area contributed by atoms with Gasteiger partial charge in [-0.05, 0) is 49.2 Å². The summed E-state index contributed by atoms with van der Waals surface area (Å²) in [6, 6.07) is 15.6. The first-order chi connectivity index (χ1) is 9.06. The van der Waals surface area contributed by atoms with E-state index in [9.17, 15) is 5.11 Å². The quantitative estimate of drug-likeness (QED) is 0.864. The lowest BCUT2D eigenvalue weighted by molar-refractivity contribution is 0.472. The van der Waals surface area contributed by atoms with Crippen LogP contribution in [0.2, 0.25) is 5.02 Å². The lowest BCUT2D eigenvalue weighted by atomic mass is 10.0. The maximum absolute atomic E-state index is 9.29. The summed E-state index contributed by atoms with van der Waals surface area (Å²) in [7, 11) is 0. The van der Waals surface area contributed by atoms with Crippen molar-refractivity contribution in [1.29, 1.82) is 0 Å². The molecule has 2 aromatic rings. The van der Waals surface area contributed by atoms with Crippen LogP contribution >= 0.6 is 11.6 Å². The van der Waals surface area contributed by atoms with E-state index < -0.39 is 0 Å². The summed E-state index contributed by atoms with van der Waals surface area (Å²) < 4.78 is 0. The molecule has 0 aromatic heterocycles. The van der Waals surface area contributed by atoms with Crippen molar-refractivity contribution in [2.24, 2.45) is 0 Å². The molecule has 0 saturated carbocycles. The lowest BCUT2D eigenvalue weighted by Crippen LogP contribution is -2.22. The summed E-state index contributed by atoms with van der Waals surface area (Å²) in [5.41, 5.74) is 2.36. The number of hydrogen-bond donors (Lipinski definition) is 2. The van der Waals surface area contributed by atoms with Gasteiger partial charge in [0.2, 0.25) is 0 Å². The second kappa shape index (κ2) is 6.09. The molecule has 0 amide bonds. The zero-order valence-corrected chi connectivity index (χ0v) is 11.9. The van der Waals surface area contributed by atoms with Crippen LogP contribution in [0.15, 0.2) is 48.5 Å². The number of phenols is 1. The van der Waals surface area contributed by atoms with Crippen molar-refractivity contribution in [3.8, 4) is 5.75 Å². The number of benzene rings is 2. The van der Waals surface area contributed by atoms with Crippen molar-refractivity contribution in [2.45, 2.75) is 25.9 Å². The van der Waals surface area contributed by atoms with Gasteiger partial charge in [0.05, 0.1) is 0 Å². The maximum atomic E-state index is 9.29. The van der Waals surface area contributed by atoms with E-state index in [1.54, 1.807) is 12.1 Å². The first kappa shape index (κ1) is 13.9. The van der Waals surface area contributed by atoms with Crippen LogP contribution in [0, 0.1) is 0 Å². The Hall–Kier alpha value is -1.51. The first-order valence-corrected chi connectivity index (χ1v) is 6.74. The molecule has 2 aromatic carbocycles. The van der Waals surface area contributed by atoms with Gasteiger partial charge in [-0.25, -0.2) is 0 Å². The van der Waals surface area contributed by atoms with Crippen molar-refractivity contribution in [2.75, 3.05) is 0 Å². The zero-order chi connectivity index (χ0) is 13.8. The highest BCUT2D eigenvalue weighted by atomic mass is 35.5. The Labute approximate surface area is 119 Å². The fraction of sp³-hybridized carbons (Fsp3) is 0.250. The van der Waals surface area contributed by atoms with Gasteiger partial charge >= 0.3 is 0 Å². The Bertz CT molecular complexity index is 472. The van der Waals surface area contributed by atoms with E-state index in [0.717, 1.165) is 10.6 Å². The molecular weight excluding hydrogens is 258 g/mol. The fourth-order valence-electron chi connectivity index (χ4n) is 2.08. The monoisotopic (exact) mass is 275 g/mol. The minimum Gasteiger partial charge on any atom is -0.508 e. The average Bonchev–Trinajstić information content (AvgIpc) is 2.40. The number of halogens is 1. The standard InChI is InChI=1S/C16H18ClNO/c1-11(13-3-7-15(17)8-4-13)18-12(2)14-5-9-16(19)10-6-14/h3-12,18-19H,1-2H3/t11-,12?/m1/s1. The van der Waals surface area contributed by atoms with E-state index in [1.807, 2.05) is 36.4 Å². The van der Waals surface area contributed by atoms with Crippen LogP contribution < -0.4 is 5.32 Å². The number of phenolic OH excluding ortho intramolecular Hbond substituents is 1. The summed E-state index contributed by atoms with van der Waals surface area (Å²) in [6.45, 7) is 4.24. The average molecular weight is 276 g/mol. The molecule has 0 radical (unpaired) electrons. The van der Waals surface area contributed by atoms with E-state index in [4.69, 9.17) is 11.6 Å². The van der Waals surface area contributed by atoms with E-state index >= 15 is 0 Å². The Kier molecular flexibility index (Phi) is 4.46. The summed E-state index contributed by atoms with van der Waals surface area (Å²) in [5, 5.41) is 13.6. The molecule has 2 nitrogen and oxygen atoms in total.